The van der Waals surface area contributed by atoms with E-state index in [1.54, 1.807) is 11.3 Å². The van der Waals surface area contributed by atoms with Crippen LogP contribution >= 0.6 is 11.3 Å². The van der Waals surface area contributed by atoms with E-state index in [0.717, 1.165) is 36.3 Å². The number of amides is 1. The second-order valence-electron chi connectivity index (χ2n) is 5.13. The molecule has 3 rings (SSSR count). The number of carbonyl (C=O) groups is 1. The van der Waals surface area contributed by atoms with E-state index in [1.807, 2.05) is 37.1 Å². The topological polar surface area (TPSA) is 32.3 Å². The van der Waals surface area contributed by atoms with Gasteiger partial charge in [-0.3, -0.25) is 4.79 Å². The van der Waals surface area contributed by atoms with Crippen molar-refractivity contribution in [3.05, 3.63) is 51.2 Å². The summed E-state index contributed by atoms with van der Waals surface area (Å²) in [6.45, 7) is 3.55. The molecule has 1 aromatic carbocycles. The highest BCUT2D eigenvalue weighted by Crippen LogP contribution is 2.26. The number of fused-ring (bicyclic) bond motifs is 1. The monoisotopic (exact) mass is 286 g/mol. The number of carbonyl (C=O) groups excluding carboxylic acids is 1. The van der Waals surface area contributed by atoms with Crippen molar-refractivity contribution >= 4 is 22.9 Å². The fourth-order valence-electron chi connectivity index (χ4n) is 2.65. The van der Waals surface area contributed by atoms with Gasteiger partial charge in [0, 0.05) is 36.3 Å². The predicted octanol–water partition coefficient (Wildman–Crippen LogP) is 3.30. The van der Waals surface area contributed by atoms with Crippen LogP contribution in [0.5, 0.6) is 0 Å². The highest BCUT2D eigenvalue weighted by atomic mass is 32.1. The van der Waals surface area contributed by atoms with E-state index < -0.39 is 0 Å². The maximum atomic E-state index is 12.7. The third kappa shape index (κ3) is 2.31. The zero-order valence-corrected chi connectivity index (χ0v) is 12.6. The first kappa shape index (κ1) is 13.2. The molecule has 1 amide bonds. The van der Waals surface area contributed by atoms with Crippen LogP contribution in [0.3, 0.4) is 0 Å². The molecule has 1 aliphatic rings. The minimum atomic E-state index is 0.141. The first-order valence-electron chi connectivity index (χ1n) is 6.82. The number of aryl methyl sites for hydroxylation is 1. The average Bonchev–Trinajstić information content (AvgIpc) is 2.93. The summed E-state index contributed by atoms with van der Waals surface area (Å²) >= 11 is 1.80. The van der Waals surface area contributed by atoms with E-state index in [1.165, 1.54) is 10.4 Å². The highest BCUT2D eigenvalue weighted by molar-refractivity contribution is 7.10. The van der Waals surface area contributed by atoms with Crippen molar-refractivity contribution in [2.24, 2.45) is 0 Å². The van der Waals surface area contributed by atoms with Crippen LogP contribution in [0.2, 0.25) is 0 Å². The smallest absolute Gasteiger partial charge is 0.254 e. The molecular weight excluding hydrogens is 268 g/mol. The Kier molecular flexibility index (Phi) is 3.49. The summed E-state index contributed by atoms with van der Waals surface area (Å²) in [5, 5.41) is 5.22. The average molecular weight is 286 g/mol. The second-order valence-corrected chi connectivity index (χ2v) is 6.13. The van der Waals surface area contributed by atoms with Gasteiger partial charge in [0.2, 0.25) is 0 Å². The highest BCUT2D eigenvalue weighted by Gasteiger charge is 2.23. The Morgan fingerprint density at radius 2 is 2.20 bits per heavy atom. The number of nitrogens with zero attached hydrogens (tertiary/aromatic N) is 1. The van der Waals surface area contributed by atoms with Crippen LogP contribution in [0.1, 0.15) is 26.4 Å². The van der Waals surface area contributed by atoms with Crippen LogP contribution in [-0.4, -0.2) is 24.4 Å². The van der Waals surface area contributed by atoms with E-state index in [9.17, 15) is 4.79 Å². The Labute approximate surface area is 123 Å². The molecule has 0 saturated carbocycles. The molecule has 20 heavy (non-hydrogen) atoms. The molecule has 2 heterocycles. The molecule has 0 spiro atoms. The van der Waals surface area contributed by atoms with Gasteiger partial charge >= 0.3 is 0 Å². The van der Waals surface area contributed by atoms with Crippen molar-refractivity contribution in [1.29, 1.82) is 0 Å². The van der Waals surface area contributed by atoms with Crippen LogP contribution in [0, 0.1) is 6.92 Å². The van der Waals surface area contributed by atoms with Crippen LogP contribution in [0.4, 0.5) is 5.69 Å². The van der Waals surface area contributed by atoms with Crippen LogP contribution in [-0.2, 0) is 13.0 Å². The zero-order chi connectivity index (χ0) is 14.1. The summed E-state index contributed by atoms with van der Waals surface area (Å²) in [5.41, 5.74) is 4.18. The van der Waals surface area contributed by atoms with Crippen molar-refractivity contribution in [3.8, 4) is 0 Å². The van der Waals surface area contributed by atoms with Gasteiger partial charge in [0.25, 0.3) is 5.91 Å². The van der Waals surface area contributed by atoms with Crippen molar-refractivity contribution in [1.82, 2.24) is 4.90 Å². The number of anilines is 1. The molecule has 1 N–H and O–H groups in total. The quantitative estimate of drug-likeness (QED) is 0.918. The minimum Gasteiger partial charge on any atom is -0.388 e. The number of thiophene rings is 1. The molecule has 0 radical (unpaired) electrons. The number of nitrogens with one attached hydrogen (secondary N) is 1. The maximum absolute atomic E-state index is 12.7. The molecule has 4 heteroatoms. The van der Waals surface area contributed by atoms with E-state index in [4.69, 9.17) is 0 Å². The van der Waals surface area contributed by atoms with Gasteiger partial charge in [0.1, 0.15) is 0 Å². The molecule has 0 fully saturated rings. The molecule has 2 aromatic rings. The molecule has 0 aliphatic carbocycles. The maximum Gasteiger partial charge on any atom is 0.254 e. The van der Waals surface area contributed by atoms with Gasteiger partial charge in [0.15, 0.2) is 0 Å². The third-order valence-corrected chi connectivity index (χ3v) is 4.86. The second kappa shape index (κ2) is 5.29. The summed E-state index contributed by atoms with van der Waals surface area (Å²) in [7, 11) is 1.89. The van der Waals surface area contributed by atoms with Gasteiger partial charge in [-0.25, -0.2) is 0 Å². The lowest BCUT2D eigenvalue weighted by atomic mass is 10.0. The number of rotatable bonds is 2. The minimum absolute atomic E-state index is 0.141. The first-order chi connectivity index (χ1) is 9.69. The van der Waals surface area contributed by atoms with E-state index in [2.05, 4.69) is 16.8 Å². The number of benzene rings is 1. The summed E-state index contributed by atoms with van der Waals surface area (Å²) in [6.07, 6.45) is 0.979. The predicted molar refractivity (Wildman–Crippen MR) is 83.5 cm³/mol. The molecule has 1 aliphatic heterocycles. The van der Waals surface area contributed by atoms with Crippen LogP contribution in [0.15, 0.2) is 29.6 Å². The molecule has 0 atom stereocenters. The van der Waals surface area contributed by atoms with E-state index in [-0.39, 0.29) is 5.91 Å². The lowest BCUT2D eigenvalue weighted by Gasteiger charge is -2.27. The van der Waals surface area contributed by atoms with Crippen LogP contribution in [0.25, 0.3) is 0 Å². The normalized spacial score (nSPS) is 14.0. The van der Waals surface area contributed by atoms with Crippen LogP contribution < -0.4 is 5.32 Å². The van der Waals surface area contributed by atoms with E-state index in [0.29, 0.717) is 0 Å². The molecule has 3 nitrogen and oxygen atoms in total. The Morgan fingerprint density at radius 3 is 2.95 bits per heavy atom. The van der Waals surface area contributed by atoms with Crippen molar-refractivity contribution in [2.75, 3.05) is 18.9 Å². The standard InChI is InChI=1S/C16H18N2OS/c1-11-9-13(17-2)3-4-14(11)16(19)18-7-5-15-12(10-18)6-8-20-15/h3-4,6,8-9,17H,5,7,10H2,1-2H3. The summed E-state index contributed by atoms with van der Waals surface area (Å²) in [6, 6.07) is 8.04. The lowest BCUT2D eigenvalue weighted by Crippen LogP contribution is -2.35. The number of hydrogen-bond acceptors (Lipinski definition) is 3. The van der Waals surface area contributed by atoms with Crippen molar-refractivity contribution < 1.29 is 4.79 Å². The summed E-state index contributed by atoms with van der Waals surface area (Å²) in [5.74, 6) is 0.141. The first-order valence-corrected chi connectivity index (χ1v) is 7.70. The molecule has 0 unspecified atom stereocenters. The Hall–Kier alpha value is -1.81. The zero-order valence-electron chi connectivity index (χ0n) is 11.8. The number of hydrogen-bond donors (Lipinski definition) is 1. The molecular formula is C16H18N2OS. The Morgan fingerprint density at radius 1 is 1.35 bits per heavy atom. The van der Waals surface area contributed by atoms with Crippen molar-refractivity contribution in [3.63, 3.8) is 0 Å². The Balaban J connectivity index is 1.83. The van der Waals surface area contributed by atoms with Gasteiger partial charge in [-0.15, -0.1) is 11.3 Å². The third-order valence-electron chi connectivity index (χ3n) is 3.84. The fraction of sp³-hybridized carbons (Fsp3) is 0.312. The largest absolute Gasteiger partial charge is 0.388 e. The molecule has 0 saturated heterocycles. The molecule has 1 aromatic heterocycles. The SMILES string of the molecule is CNc1ccc(C(=O)N2CCc3sccc3C2)c(C)c1. The lowest BCUT2D eigenvalue weighted by molar-refractivity contribution is 0.0735. The van der Waals surface area contributed by atoms with Gasteiger partial charge in [0.05, 0.1) is 0 Å². The van der Waals surface area contributed by atoms with Crippen molar-refractivity contribution in [2.45, 2.75) is 19.9 Å². The van der Waals surface area contributed by atoms with E-state index >= 15 is 0 Å². The van der Waals surface area contributed by atoms with Gasteiger partial charge in [-0.1, -0.05) is 0 Å². The van der Waals surface area contributed by atoms with Gasteiger partial charge < -0.3 is 10.2 Å². The van der Waals surface area contributed by atoms with Gasteiger partial charge in [-0.2, -0.15) is 0 Å². The fourth-order valence-corrected chi connectivity index (χ4v) is 3.54. The summed E-state index contributed by atoms with van der Waals surface area (Å²) in [4.78, 5) is 16.0. The van der Waals surface area contributed by atoms with Gasteiger partial charge in [-0.05, 0) is 54.1 Å². The molecule has 104 valence electrons. The Bertz CT molecular complexity index is 648. The summed E-state index contributed by atoms with van der Waals surface area (Å²) < 4.78 is 0. The molecule has 0 bridgehead atoms.